The first-order valence-electron chi connectivity index (χ1n) is 14.2. The molecule has 0 bridgehead atoms. The van der Waals surface area contributed by atoms with Crippen LogP contribution in [0, 0.1) is 11.3 Å². The van der Waals surface area contributed by atoms with Gasteiger partial charge in [-0.2, -0.15) is 5.26 Å². The summed E-state index contributed by atoms with van der Waals surface area (Å²) in [5.41, 5.74) is 3.73. The van der Waals surface area contributed by atoms with E-state index in [0.717, 1.165) is 12.8 Å². The highest BCUT2D eigenvalue weighted by Crippen LogP contribution is 2.38. The standard InChI is InChI=1S/C32H38ClN5O4/c1-5-27-25(19-34)32(36-21-9-10-30(26(33)16-21)42-23-11-14-40-15-12-23)24-17-29(31(41-6-2)18-28(24)37-27)35-20-22(39)8-7-13-38(3)4/h7-10,16-18,23,35H,5-6,11-15,20H2,1-4H3,(H,36,37)/b8-7+. The highest BCUT2D eigenvalue weighted by Gasteiger charge is 2.20. The number of anilines is 3. The Bertz CT molecular complexity index is 1480. The van der Waals surface area contributed by atoms with Crippen molar-refractivity contribution in [2.24, 2.45) is 0 Å². The largest absolute Gasteiger partial charge is 0.492 e. The van der Waals surface area contributed by atoms with Crippen molar-refractivity contribution in [3.63, 3.8) is 0 Å². The molecule has 0 atom stereocenters. The molecular weight excluding hydrogens is 554 g/mol. The third-order valence-corrected chi connectivity index (χ3v) is 7.09. The number of nitrogens with zero attached hydrogens (tertiary/aromatic N) is 3. The van der Waals surface area contributed by atoms with Crippen molar-refractivity contribution in [3.05, 3.63) is 58.8 Å². The van der Waals surface area contributed by atoms with Crippen LogP contribution in [0.5, 0.6) is 11.5 Å². The summed E-state index contributed by atoms with van der Waals surface area (Å²) in [5.74, 6) is 1.13. The molecule has 1 aliphatic rings. The molecule has 0 unspecified atom stereocenters. The maximum Gasteiger partial charge on any atom is 0.174 e. The van der Waals surface area contributed by atoms with Crippen molar-refractivity contribution < 1.29 is 19.0 Å². The van der Waals surface area contributed by atoms with Crippen LogP contribution in [-0.4, -0.2) is 68.8 Å². The van der Waals surface area contributed by atoms with Gasteiger partial charge in [0.2, 0.25) is 0 Å². The van der Waals surface area contributed by atoms with Crippen LogP contribution in [0.25, 0.3) is 10.9 Å². The lowest BCUT2D eigenvalue weighted by Gasteiger charge is -2.24. The number of carbonyl (C=O) groups excluding carboxylic acids is 1. The molecule has 4 rings (SSSR count). The first kappa shape index (κ1) is 31.1. The van der Waals surface area contributed by atoms with Crippen LogP contribution < -0.4 is 20.1 Å². The number of benzene rings is 2. The molecule has 2 aromatic carbocycles. The predicted molar refractivity (Wildman–Crippen MR) is 167 cm³/mol. The number of likely N-dealkylation sites (N-methyl/N-ethyl adjacent to an activating group) is 1. The van der Waals surface area contributed by atoms with E-state index < -0.39 is 0 Å². The van der Waals surface area contributed by atoms with Crippen molar-refractivity contribution >= 4 is 45.3 Å². The second kappa shape index (κ2) is 14.9. The van der Waals surface area contributed by atoms with Crippen molar-refractivity contribution in [1.82, 2.24) is 9.88 Å². The Morgan fingerprint density at radius 3 is 2.67 bits per heavy atom. The highest BCUT2D eigenvalue weighted by atomic mass is 35.5. The molecule has 2 heterocycles. The number of fused-ring (bicyclic) bond motifs is 1. The Morgan fingerprint density at radius 2 is 2.00 bits per heavy atom. The first-order valence-corrected chi connectivity index (χ1v) is 14.6. The first-order chi connectivity index (χ1) is 20.3. The van der Waals surface area contributed by atoms with Gasteiger partial charge in [0.25, 0.3) is 0 Å². The third kappa shape index (κ3) is 7.91. The molecule has 10 heteroatoms. The number of hydrogen-bond donors (Lipinski definition) is 2. The summed E-state index contributed by atoms with van der Waals surface area (Å²) in [6, 6.07) is 11.6. The fourth-order valence-corrected chi connectivity index (χ4v) is 4.91. The van der Waals surface area contributed by atoms with Gasteiger partial charge in [0, 0.05) is 36.5 Å². The molecule has 1 fully saturated rings. The Labute approximate surface area is 252 Å². The second-order valence-corrected chi connectivity index (χ2v) is 10.7. The van der Waals surface area contributed by atoms with E-state index in [1.54, 1.807) is 12.1 Å². The van der Waals surface area contributed by atoms with Crippen molar-refractivity contribution in [2.75, 3.05) is 57.6 Å². The topological polar surface area (TPSA) is 109 Å². The SMILES string of the molecule is CCOc1cc2nc(CC)c(C#N)c(Nc3ccc(OC4CCOCC4)c(Cl)c3)c2cc1NCC(=O)/C=C/CN(C)C. The molecule has 222 valence electrons. The number of ether oxygens (including phenoxy) is 3. The average Bonchev–Trinajstić information content (AvgIpc) is 2.97. The van der Waals surface area contributed by atoms with Crippen LogP contribution in [0.1, 0.15) is 37.9 Å². The molecule has 1 aliphatic heterocycles. The van der Waals surface area contributed by atoms with Crippen LogP contribution in [0.3, 0.4) is 0 Å². The maximum atomic E-state index is 12.5. The van der Waals surface area contributed by atoms with E-state index in [9.17, 15) is 10.1 Å². The quantitative estimate of drug-likeness (QED) is 0.227. The number of nitrogens with one attached hydrogen (secondary N) is 2. The van der Waals surface area contributed by atoms with E-state index in [-0.39, 0.29) is 18.4 Å². The maximum absolute atomic E-state index is 12.5. The van der Waals surface area contributed by atoms with Gasteiger partial charge in [0.05, 0.1) is 59.5 Å². The Morgan fingerprint density at radius 1 is 1.21 bits per heavy atom. The lowest BCUT2D eigenvalue weighted by molar-refractivity contribution is -0.113. The van der Waals surface area contributed by atoms with Crippen molar-refractivity contribution in [1.29, 1.82) is 5.26 Å². The Balaban J connectivity index is 1.68. The molecule has 9 nitrogen and oxygen atoms in total. The van der Waals surface area contributed by atoms with E-state index in [2.05, 4.69) is 16.7 Å². The summed E-state index contributed by atoms with van der Waals surface area (Å²) in [4.78, 5) is 19.3. The molecule has 3 aromatic rings. The van der Waals surface area contributed by atoms with E-state index in [1.807, 2.05) is 63.2 Å². The Kier molecular flexibility index (Phi) is 11.0. The van der Waals surface area contributed by atoms with Gasteiger partial charge >= 0.3 is 0 Å². The molecule has 0 aliphatic carbocycles. The number of rotatable bonds is 13. The van der Waals surface area contributed by atoms with Gasteiger partial charge in [-0.25, -0.2) is 0 Å². The van der Waals surface area contributed by atoms with E-state index in [4.69, 9.17) is 30.8 Å². The number of halogens is 1. The molecule has 1 saturated heterocycles. The van der Waals surface area contributed by atoms with Gasteiger partial charge in [-0.05, 0) is 57.8 Å². The van der Waals surface area contributed by atoms with Gasteiger partial charge in [0.15, 0.2) is 5.78 Å². The number of hydrogen-bond acceptors (Lipinski definition) is 9. The average molecular weight is 592 g/mol. The van der Waals surface area contributed by atoms with E-state index >= 15 is 0 Å². The molecule has 0 amide bonds. The number of pyridine rings is 1. The summed E-state index contributed by atoms with van der Waals surface area (Å²) >= 11 is 6.63. The minimum absolute atomic E-state index is 0.0624. The van der Waals surface area contributed by atoms with Gasteiger partial charge in [-0.1, -0.05) is 24.6 Å². The summed E-state index contributed by atoms with van der Waals surface area (Å²) in [5, 5.41) is 18.0. The second-order valence-electron chi connectivity index (χ2n) is 10.3. The molecule has 1 aromatic heterocycles. The number of nitriles is 1. The monoisotopic (exact) mass is 591 g/mol. The molecule has 0 spiro atoms. The fraction of sp³-hybridized carbons (Fsp3) is 0.406. The smallest absolute Gasteiger partial charge is 0.174 e. The summed E-state index contributed by atoms with van der Waals surface area (Å²) in [6.07, 6.45) is 5.69. The minimum Gasteiger partial charge on any atom is -0.492 e. The number of aromatic nitrogens is 1. The molecular formula is C32H38ClN5O4. The van der Waals surface area contributed by atoms with Gasteiger partial charge in [-0.3, -0.25) is 9.78 Å². The van der Waals surface area contributed by atoms with Crippen molar-refractivity contribution in [3.8, 4) is 17.6 Å². The van der Waals surface area contributed by atoms with Gasteiger partial charge in [0.1, 0.15) is 23.7 Å². The van der Waals surface area contributed by atoms with Crippen LogP contribution in [0.2, 0.25) is 5.02 Å². The van der Waals surface area contributed by atoms with Crippen LogP contribution in [0.4, 0.5) is 17.1 Å². The zero-order valence-corrected chi connectivity index (χ0v) is 25.4. The molecule has 0 radical (unpaired) electrons. The lowest BCUT2D eigenvalue weighted by Crippen LogP contribution is -2.25. The number of ketones is 1. The van der Waals surface area contributed by atoms with Gasteiger partial charge in [-0.15, -0.1) is 0 Å². The van der Waals surface area contributed by atoms with Crippen molar-refractivity contribution in [2.45, 2.75) is 39.2 Å². The fourth-order valence-electron chi connectivity index (χ4n) is 4.69. The van der Waals surface area contributed by atoms with Crippen LogP contribution in [-0.2, 0) is 16.0 Å². The lowest BCUT2D eigenvalue weighted by atomic mass is 10.0. The number of carbonyl (C=O) groups is 1. The normalized spacial score (nSPS) is 13.8. The number of aryl methyl sites for hydroxylation is 1. The van der Waals surface area contributed by atoms with Crippen LogP contribution in [0.15, 0.2) is 42.5 Å². The molecule has 42 heavy (non-hydrogen) atoms. The minimum atomic E-state index is -0.0624. The summed E-state index contributed by atoms with van der Waals surface area (Å²) in [7, 11) is 3.89. The van der Waals surface area contributed by atoms with Gasteiger partial charge < -0.3 is 29.7 Å². The zero-order valence-electron chi connectivity index (χ0n) is 24.6. The molecule has 0 saturated carbocycles. The Hall–Kier alpha value is -3.84. The van der Waals surface area contributed by atoms with Crippen LogP contribution >= 0.6 is 11.6 Å². The third-order valence-electron chi connectivity index (χ3n) is 6.80. The summed E-state index contributed by atoms with van der Waals surface area (Å²) in [6.45, 7) is 6.43. The zero-order chi connectivity index (χ0) is 30.1. The summed E-state index contributed by atoms with van der Waals surface area (Å²) < 4.78 is 17.4. The molecule has 2 N–H and O–H groups in total. The van der Waals surface area contributed by atoms with E-state index in [1.165, 1.54) is 0 Å². The van der Waals surface area contributed by atoms with E-state index in [0.29, 0.717) is 88.5 Å². The highest BCUT2D eigenvalue weighted by molar-refractivity contribution is 6.32. The predicted octanol–water partition coefficient (Wildman–Crippen LogP) is 6.12.